The maximum absolute atomic E-state index is 13.7. The molecule has 1 saturated heterocycles. The molecule has 6 heteroatoms. The monoisotopic (exact) mass is 447 g/mol. The van der Waals surface area contributed by atoms with Crippen molar-refractivity contribution in [1.82, 2.24) is 10.2 Å². The van der Waals surface area contributed by atoms with Gasteiger partial charge in [-0.1, -0.05) is 25.1 Å². The number of likely N-dealkylation sites (tertiary alicyclic amines) is 1. The smallest absolute Gasteiger partial charge is 0.223 e. The predicted octanol–water partition coefficient (Wildman–Crippen LogP) is 4.91. The number of piperidine rings is 1. The van der Waals surface area contributed by atoms with Crippen molar-refractivity contribution in [1.29, 1.82) is 5.26 Å². The summed E-state index contributed by atoms with van der Waals surface area (Å²) in [6.07, 6.45) is 1.60. The number of nitrogens with one attached hydrogen (secondary N) is 1. The van der Waals surface area contributed by atoms with Crippen LogP contribution in [-0.2, 0) is 16.8 Å². The molecule has 0 aliphatic carbocycles. The zero-order chi connectivity index (χ0) is 23.6. The lowest BCUT2D eigenvalue weighted by Gasteiger charge is -2.44. The van der Waals surface area contributed by atoms with E-state index < -0.39 is 0 Å². The van der Waals surface area contributed by atoms with Gasteiger partial charge < -0.3 is 10.2 Å². The first-order valence-electron chi connectivity index (χ1n) is 11.2. The van der Waals surface area contributed by atoms with Crippen LogP contribution in [0.2, 0.25) is 0 Å². The predicted molar refractivity (Wildman–Crippen MR) is 124 cm³/mol. The van der Waals surface area contributed by atoms with E-state index in [4.69, 9.17) is 0 Å². The molecule has 0 bridgehead atoms. The van der Waals surface area contributed by atoms with E-state index in [0.29, 0.717) is 10.9 Å². The largest absolute Gasteiger partial charge is 0.352 e. The minimum Gasteiger partial charge on any atom is -0.352 e. The Balaban J connectivity index is 1.60. The van der Waals surface area contributed by atoms with E-state index in [1.165, 1.54) is 24.3 Å². The van der Waals surface area contributed by atoms with Crippen LogP contribution in [0.1, 0.15) is 36.5 Å². The quantitative estimate of drug-likeness (QED) is 0.605. The molecular formula is C27H27F2N3O. The highest BCUT2D eigenvalue weighted by Gasteiger charge is 2.43. The standard InChI is InChI=1S/C27H27F2N3O/c1-18(27(9-11-32(2)12-10-27)22-3-5-23(28)6-4-22)26(33)31-17-21-14-19(16-30)13-20-15-24(29)7-8-25(20)21/h3-8,13-15,18H,9-12,17H2,1-2H3,(H,31,33). The van der Waals surface area contributed by atoms with Crippen LogP contribution in [0.15, 0.2) is 54.6 Å². The van der Waals surface area contributed by atoms with Crippen LogP contribution in [-0.4, -0.2) is 30.9 Å². The van der Waals surface area contributed by atoms with E-state index in [9.17, 15) is 18.8 Å². The van der Waals surface area contributed by atoms with Crippen LogP contribution in [0, 0.1) is 28.9 Å². The molecule has 1 aliphatic rings. The number of amides is 1. The Morgan fingerprint density at radius 2 is 1.76 bits per heavy atom. The van der Waals surface area contributed by atoms with Crippen LogP contribution in [0.5, 0.6) is 0 Å². The van der Waals surface area contributed by atoms with Crippen molar-refractivity contribution in [3.63, 3.8) is 0 Å². The Kier molecular flexibility index (Phi) is 6.44. The molecule has 0 saturated carbocycles. The lowest BCUT2D eigenvalue weighted by molar-refractivity contribution is -0.127. The van der Waals surface area contributed by atoms with Crippen molar-refractivity contribution in [3.8, 4) is 6.07 Å². The summed E-state index contributed by atoms with van der Waals surface area (Å²) >= 11 is 0. The van der Waals surface area contributed by atoms with Gasteiger partial charge in [0, 0.05) is 17.9 Å². The second-order valence-electron chi connectivity index (χ2n) is 9.02. The molecule has 33 heavy (non-hydrogen) atoms. The summed E-state index contributed by atoms with van der Waals surface area (Å²) in [4.78, 5) is 15.6. The van der Waals surface area contributed by atoms with Gasteiger partial charge in [0.05, 0.1) is 11.6 Å². The molecule has 1 aliphatic heterocycles. The van der Waals surface area contributed by atoms with Gasteiger partial charge in [0.1, 0.15) is 11.6 Å². The zero-order valence-corrected chi connectivity index (χ0v) is 18.9. The van der Waals surface area contributed by atoms with Gasteiger partial charge in [-0.3, -0.25) is 4.79 Å². The second-order valence-corrected chi connectivity index (χ2v) is 9.02. The van der Waals surface area contributed by atoms with Gasteiger partial charge in [-0.2, -0.15) is 5.26 Å². The molecule has 170 valence electrons. The fourth-order valence-corrected chi connectivity index (χ4v) is 4.99. The highest BCUT2D eigenvalue weighted by atomic mass is 19.1. The van der Waals surface area contributed by atoms with Gasteiger partial charge in [0.25, 0.3) is 0 Å². The summed E-state index contributed by atoms with van der Waals surface area (Å²) in [5, 5.41) is 13.8. The average molecular weight is 448 g/mol. The Hall–Kier alpha value is -3.30. The van der Waals surface area contributed by atoms with Crippen molar-refractivity contribution in [2.45, 2.75) is 31.7 Å². The van der Waals surface area contributed by atoms with Crippen molar-refractivity contribution in [3.05, 3.63) is 82.9 Å². The third-order valence-corrected chi connectivity index (χ3v) is 7.10. The Bertz CT molecular complexity index is 1210. The van der Waals surface area contributed by atoms with E-state index in [0.717, 1.165) is 42.4 Å². The topological polar surface area (TPSA) is 56.1 Å². The van der Waals surface area contributed by atoms with Crippen molar-refractivity contribution in [2.24, 2.45) is 5.92 Å². The lowest BCUT2D eigenvalue weighted by Crippen LogP contribution is -2.49. The fourth-order valence-electron chi connectivity index (χ4n) is 4.99. The first-order chi connectivity index (χ1) is 15.8. The van der Waals surface area contributed by atoms with E-state index in [2.05, 4.69) is 23.3 Å². The van der Waals surface area contributed by atoms with E-state index >= 15 is 0 Å². The van der Waals surface area contributed by atoms with Crippen LogP contribution < -0.4 is 5.32 Å². The van der Waals surface area contributed by atoms with E-state index in [1.54, 1.807) is 30.3 Å². The molecule has 4 rings (SSSR count). The summed E-state index contributed by atoms with van der Waals surface area (Å²) in [7, 11) is 2.06. The number of halogens is 2. The molecule has 1 amide bonds. The van der Waals surface area contributed by atoms with Crippen molar-refractivity contribution in [2.75, 3.05) is 20.1 Å². The number of hydrogen-bond donors (Lipinski definition) is 1. The maximum Gasteiger partial charge on any atom is 0.223 e. The molecule has 1 atom stereocenters. The molecule has 0 aromatic heterocycles. The normalized spacial score (nSPS) is 16.8. The number of nitrogens with zero attached hydrogens (tertiary/aromatic N) is 2. The molecule has 0 radical (unpaired) electrons. The SMILES string of the molecule is CC(C(=O)NCc1cc(C#N)cc2cc(F)ccc12)C1(c2ccc(F)cc2)CCN(C)CC1. The molecule has 3 aromatic rings. The Morgan fingerprint density at radius 3 is 2.42 bits per heavy atom. The number of fused-ring (bicyclic) bond motifs is 1. The molecule has 1 N–H and O–H groups in total. The van der Waals surface area contributed by atoms with Crippen LogP contribution in [0.25, 0.3) is 10.8 Å². The number of nitriles is 1. The van der Waals surface area contributed by atoms with E-state index in [1.807, 2.05) is 6.92 Å². The number of rotatable bonds is 5. The number of carbonyl (C=O) groups excluding carboxylic acids is 1. The van der Waals surface area contributed by atoms with E-state index in [-0.39, 0.29) is 35.4 Å². The van der Waals surface area contributed by atoms with Gasteiger partial charge in [0.2, 0.25) is 5.91 Å². The summed E-state index contributed by atoms with van der Waals surface area (Å²) < 4.78 is 27.3. The summed E-state index contributed by atoms with van der Waals surface area (Å²) in [5.74, 6) is -1.09. The molecule has 1 unspecified atom stereocenters. The van der Waals surface area contributed by atoms with Gasteiger partial charge >= 0.3 is 0 Å². The Morgan fingerprint density at radius 1 is 1.09 bits per heavy atom. The van der Waals surface area contributed by atoms with Crippen LogP contribution in [0.4, 0.5) is 8.78 Å². The summed E-state index contributed by atoms with van der Waals surface area (Å²) in [6.45, 7) is 3.88. The molecule has 0 spiro atoms. The van der Waals surface area contributed by atoms with Crippen molar-refractivity contribution >= 4 is 16.7 Å². The molecular weight excluding hydrogens is 420 g/mol. The molecule has 4 nitrogen and oxygen atoms in total. The van der Waals surface area contributed by atoms with Crippen LogP contribution in [0.3, 0.4) is 0 Å². The number of carbonyl (C=O) groups is 1. The highest BCUT2D eigenvalue weighted by Crippen LogP contribution is 2.42. The third-order valence-electron chi connectivity index (χ3n) is 7.10. The highest BCUT2D eigenvalue weighted by molar-refractivity contribution is 5.88. The van der Waals surface area contributed by atoms with Crippen LogP contribution >= 0.6 is 0 Å². The second kappa shape index (κ2) is 9.29. The molecule has 3 aromatic carbocycles. The minimum absolute atomic E-state index is 0.0958. The third kappa shape index (κ3) is 4.60. The Labute approximate surface area is 192 Å². The zero-order valence-electron chi connectivity index (χ0n) is 18.9. The average Bonchev–Trinajstić information content (AvgIpc) is 2.82. The molecule has 1 heterocycles. The fraction of sp³-hybridized carbons (Fsp3) is 0.333. The summed E-state index contributed by atoms with van der Waals surface area (Å²) in [5.41, 5.74) is 1.78. The van der Waals surface area contributed by atoms with Gasteiger partial charge in [-0.05, 0) is 91.3 Å². The number of hydrogen-bond acceptors (Lipinski definition) is 3. The van der Waals surface area contributed by atoms with Gasteiger partial charge in [-0.15, -0.1) is 0 Å². The maximum atomic E-state index is 13.7. The number of benzene rings is 3. The lowest BCUT2D eigenvalue weighted by atomic mass is 9.64. The van der Waals surface area contributed by atoms with Crippen molar-refractivity contribution < 1.29 is 13.6 Å². The minimum atomic E-state index is -0.385. The molecule has 1 fully saturated rings. The summed E-state index contributed by atoms with van der Waals surface area (Å²) in [6, 6.07) is 16.4. The first-order valence-corrected chi connectivity index (χ1v) is 11.2. The van der Waals surface area contributed by atoms with Gasteiger partial charge in [-0.25, -0.2) is 8.78 Å². The van der Waals surface area contributed by atoms with Gasteiger partial charge in [0.15, 0.2) is 0 Å². The first kappa shape index (κ1) is 22.9.